The summed E-state index contributed by atoms with van der Waals surface area (Å²) >= 11 is 0. The topological polar surface area (TPSA) is 12.5 Å². The third-order valence-corrected chi connectivity index (χ3v) is 1.02. The minimum absolute atomic E-state index is 0.139. The maximum Gasteiger partial charge on any atom is 0.0641 e. The van der Waals surface area contributed by atoms with Crippen molar-refractivity contribution in [2.24, 2.45) is 0 Å². The predicted molar refractivity (Wildman–Crippen MR) is 30.2 cm³/mol. The lowest BCUT2D eigenvalue weighted by Crippen LogP contribution is -2.25. The Balaban J connectivity index is 3.17. The van der Waals surface area contributed by atoms with Gasteiger partial charge in [0.05, 0.1) is 12.6 Å². The predicted octanol–water partition coefficient (Wildman–Crippen LogP) is 0.838. The van der Waals surface area contributed by atoms with Crippen molar-refractivity contribution in [3.63, 3.8) is 0 Å². The first kappa shape index (κ1) is 7.85. The fraction of sp³-hybridized carbons (Fsp3) is 1.00. The van der Waals surface area contributed by atoms with Gasteiger partial charge in [-0.1, -0.05) is 0 Å². The number of rotatable bonds is 3. The summed E-state index contributed by atoms with van der Waals surface area (Å²) < 4.78 is 16.7. The normalized spacial score (nSPS) is 14.6. The zero-order valence-corrected chi connectivity index (χ0v) is 5.52. The number of ether oxygens (including phenoxy) is 1. The molecule has 0 amide bonds. The Bertz CT molecular complexity index is 58.4. The Kier molecular flexibility index (Phi) is 3.73. The first-order valence-electron chi connectivity index (χ1n) is 2.56. The van der Waals surface area contributed by atoms with Crippen molar-refractivity contribution < 1.29 is 9.22 Å². The van der Waals surface area contributed by atoms with Crippen LogP contribution in [-0.4, -0.2) is 31.9 Å². The number of hydrogen-bond acceptors (Lipinski definition) is 2. The van der Waals surface area contributed by atoms with Gasteiger partial charge in [0.2, 0.25) is 0 Å². The molecule has 0 aromatic heterocycles. The SMILES string of the molecule is COCC(C)N(C)F. The van der Waals surface area contributed by atoms with Gasteiger partial charge in [-0.25, -0.2) is 0 Å². The van der Waals surface area contributed by atoms with E-state index < -0.39 is 0 Å². The zero-order chi connectivity index (χ0) is 6.57. The van der Waals surface area contributed by atoms with Crippen LogP contribution in [-0.2, 0) is 4.74 Å². The molecule has 0 aliphatic rings. The van der Waals surface area contributed by atoms with Crippen molar-refractivity contribution in [2.45, 2.75) is 13.0 Å². The minimum atomic E-state index is -0.139. The molecule has 0 saturated heterocycles. The van der Waals surface area contributed by atoms with E-state index in [1.807, 2.05) is 0 Å². The van der Waals surface area contributed by atoms with E-state index in [2.05, 4.69) is 4.74 Å². The molecule has 0 radical (unpaired) electrons. The number of halogens is 1. The molecular weight excluding hydrogens is 109 g/mol. The molecule has 0 aliphatic carbocycles. The molecule has 0 N–H and O–H groups in total. The van der Waals surface area contributed by atoms with Gasteiger partial charge in [-0.2, -0.15) is 0 Å². The molecule has 0 heterocycles. The van der Waals surface area contributed by atoms with Crippen LogP contribution in [0.2, 0.25) is 0 Å². The lowest BCUT2D eigenvalue weighted by Gasteiger charge is -2.12. The van der Waals surface area contributed by atoms with Gasteiger partial charge in [-0.15, -0.1) is 9.60 Å². The van der Waals surface area contributed by atoms with Gasteiger partial charge in [0.25, 0.3) is 0 Å². The van der Waals surface area contributed by atoms with Gasteiger partial charge in [-0.3, -0.25) is 0 Å². The standard InChI is InChI=1S/C5H12FNO/c1-5(4-8-3)7(2)6/h5H,4H2,1-3H3. The molecule has 0 aromatic carbocycles. The molecular formula is C5H12FNO. The van der Waals surface area contributed by atoms with Crippen LogP contribution in [0.1, 0.15) is 6.92 Å². The largest absolute Gasteiger partial charge is 0.383 e. The van der Waals surface area contributed by atoms with Crippen LogP contribution >= 0.6 is 0 Å². The molecule has 0 bridgehead atoms. The number of methoxy groups -OCH3 is 1. The van der Waals surface area contributed by atoms with E-state index >= 15 is 0 Å². The van der Waals surface area contributed by atoms with Crippen LogP contribution in [0.15, 0.2) is 0 Å². The van der Waals surface area contributed by atoms with Crippen molar-refractivity contribution in [2.75, 3.05) is 20.8 Å². The van der Waals surface area contributed by atoms with E-state index in [1.165, 1.54) is 7.05 Å². The number of hydrogen-bond donors (Lipinski definition) is 0. The second-order valence-corrected chi connectivity index (χ2v) is 1.83. The molecule has 0 rings (SSSR count). The lowest BCUT2D eigenvalue weighted by molar-refractivity contribution is -0.0164. The van der Waals surface area contributed by atoms with Gasteiger partial charge in [0, 0.05) is 14.2 Å². The number of nitrogens with zero attached hydrogens (tertiary/aromatic N) is 1. The fourth-order valence-electron chi connectivity index (χ4n) is 0.344. The molecule has 0 saturated carbocycles. The van der Waals surface area contributed by atoms with Crippen LogP contribution in [0.3, 0.4) is 0 Å². The van der Waals surface area contributed by atoms with Crippen molar-refractivity contribution in [1.29, 1.82) is 0 Å². The number of likely N-dealkylation sites (N-methyl/N-ethyl adjacent to an activating group) is 1. The van der Waals surface area contributed by atoms with Gasteiger partial charge < -0.3 is 4.74 Å². The first-order valence-corrected chi connectivity index (χ1v) is 2.56. The molecule has 2 nitrogen and oxygen atoms in total. The minimum Gasteiger partial charge on any atom is -0.383 e. The van der Waals surface area contributed by atoms with Crippen LogP contribution in [0, 0.1) is 0 Å². The zero-order valence-electron chi connectivity index (χ0n) is 5.52. The summed E-state index contributed by atoms with van der Waals surface area (Å²) in [5.41, 5.74) is 0. The van der Waals surface area contributed by atoms with Crippen LogP contribution < -0.4 is 0 Å². The van der Waals surface area contributed by atoms with Gasteiger partial charge >= 0.3 is 0 Å². The van der Waals surface area contributed by atoms with E-state index in [-0.39, 0.29) is 6.04 Å². The second-order valence-electron chi connectivity index (χ2n) is 1.83. The summed E-state index contributed by atoms with van der Waals surface area (Å²) in [6, 6.07) is -0.139. The molecule has 1 atom stereocenters. The molecule has 50 valence electrons. The Morgan fingerprint density at radius 1 is 1.75 bits per heavy atom. The summed E-state index contributed by atoms with van der Waals surface area (Å²) in [7, 11) is 2.93. The summed E-state index contributed by atoms with van der Waals surface area (Å²) in [6.07, 6.45) is 0. The summed E-state index contributed by atoms with van der Waals surface area (Å²) in [5, 5.41) is 0.628. The molecule has 0 aromatic rings. The van der Waals surface area contributed by atoms with E-state index in [1.54, 1.807) is 14.0 Å². The molecule has 1 unspecified atom stereocenters. The van der Waals surface area contributed by atoms with Crippen molar-refractivity contribution in [1.82, 2.24) is 5.12 Å². The average molecular weight is 121 g/mol. The van der Waals surface area contributed by atoms with Crippen LogP contribution in [0.25, 0.3) is 0 Å². The summed E-state index contributed by atoms with van der Waals surface area (Å²) in [6.45, 7) is 2.19. The van der Waals surface area contributed by atoms with Gasteiger partial charge in [-0.05, 0) is 6.92 Å². The molecule has 0 aliphatic heterocycles. The Morgan fingerprint density at radius 2 is 2.25 bits per heavy atom. The van der Waals surface area contributed by atoms with E-state index in [0.717, 1.165) is 0 Å². The van der Waals surface area contributed by atoms with Gasteiger partial charge in [0.1, 0.15) is 0 Å². The van der Waals surface area contributed by atoms with Crippen molar-refractivity contribution in [3.05, 3.63) is 0 Å². The highest BCUT2D eigenvalue weighted by molar-refractivity contribution is 4.51. The lowest BCUT2D eigenvalue weighted by atomic mass is 10.4. The van der Waals surface area contributed by atoms with Crippen molar-refractivity contribution >= 4 is 0 Å². The monoisotopic (exact) mass is 121 g/mol. The Morgan fingerprint density at radius 3 is 2.38 bits per heavy atom. The highest BCUT2D eigenvalue weighted by atomic mass is 19.2. The van der Waals surface area contributed by atoms with Gasteiger partial charge in [0.15, 0.2) is 0 Å². The summed E-state index contributed by atoms with van der Waals surface area (Å²) in [5.74, 6) is 0. The van der Waals surface area contributed by atoms with Crippen LogP contribution in [0.5, 0.6) is 0 Å². The second kappa shape index (κ2) is 3.80. The molecule has 3 heteroatoms. The highest BCUT2D eigenvalue weighted by Gasteiger charge is 2.04. The third-order valence-electron chi connectivity index (χ3n) is 1.02. The average Bonchev–Trinajstić information content (AvgIpc) is 1.67. The maximum atomic E-state index is 12.0. The maximum absolute atomic E-state index is 12.0. The van der Waals surface area contributed by atoms with E-state index in [9.17, 15) is 4.48 Å². The quantitative estimate of drug-likeness (QED) is 0.513. The smallest absolute Gasteiger partial charge is 0.0641 e. The van der Waals surface area contributed by atoms with Crippen LogP contribution in [0.4, 0.5) is 4.48 Å². The Hall–Kier alpha value is -0.150. The molecule has 8 heavy (non-hydrogen) atoms. The molecule has 0 spiro atoms. The van der Waals surface area contributed by atoms with E-state index in [4.69, 9.17) is 0 Å². The summed E-state index contributed by atoms with van der Waals surface area (Å²) in [4.78, 5) is 0. The Labute approximate surface area is 49.2 Å². The van der Waals surface area contributed by atoms with E-state index in [0.29, 0.717) is 11.7 Å². The molecule has 0 fully saturated rings. The first-order chi connectivity index (χ1) is 3.68. The fourth-order valence-corrected chi connectivity index (χ4v) is 0.344. The highest BCUT2D eigenvalue weighted by Crippen LogP contribution is 1.93. The van der Waals surface area contributed by atoms with Crippen molar-refractivity contribution in [3.8, 4) is 0 Å². The third kappa shape index (κ3) is 2.93.